The Balaban J connectivity index is 1.63. The van der Waals surface area contributed by atoms with Crippen LogP contribution in [0.4, 0.5) is 15.2 Å². The van der Waals surface area contributed by atoms with Gasteiger partial charge in [0.1, 0.15) is 27.6 Å². The van der Waals surface area contributed by atoms with Crippen LogP contribution >= 0.6 is 22.9 Å². The maximum atomic E-state index is 13.1. The fourth-order valence-electron chi connectivity index (χ4n) is 2.06. The molecule has 1 aromatic carbocycles. The lowest BCUT2D eigenvalue weighted by Gasteiger charge is -2.04. The minimum atomic E-state index is -0.341. The van der Waals surface area contributed by atoms with Crippen molar-refractivity contribution in [2.24, 2.45) is 0 Å². The molecule has 0 atom stereocenters. The summed E-state index contributed by atoms with van der Waals surface area (Å²) in [7, 11) is 0. The van der Waals surface area contributed by atoms with Gasteiger partial charge in [-0.05, 0) is 24.6 Å². The highest BCUT2D eigenvalue weighted by molar-refractivity contribution is 7.17. The third-order valence-electron chi connectivity index (χ3n) is 3.10. The smallest absolute Gasteiger partial charge is 0.280 e. The van der Waals surface area contributed by atoms with Crippen LogP contribution in [-0.2, 0) is 6.54 Å². The molecule has 3 rings (SSSR count). The lowest BCUT2D eigenvalue weighted by Crippen LogP contribution is -2.22. The Labute approximate surface area is 152 Å². The Bertz CT molecular complexity index is 897. The number of benzene rings is 1. The molecular weight excluding hydrogens is 365 g/mol. The van der Waals surface area contributed by atoms with Crippen molar-refractivity contribution in [2.45, 2.75) is 13.5 Å². The SMILES string of the molecule is Cc1nc(Cl)cc(Nc2cnc(C(=O)NCc3cccc(F)c3)s2)n1. The zero-order valence-electron chi connectivity index (χ0n) is 13.1. The van der Waals surface area contributed by atoms with Gasteiger partial charge in [0, 0.05) is 12.6 Å². The average Bonchev–Trinajstić information content (AvgIpc) is 3.00. The zero-order chi connectivity index (χ0) is 17.8. The molecule has 0 unspecified atom stereocenters. The van der Waals surface area contributed by atoms with E-state index in [0.717, 1.165) is 0 Å². The summed E-state index contributed by atoms with van der Waals surface area (Å²) in [4.78, 5) is 24.4. The van der Waals surface area contributed by atoms with Gasteiger partial charge < -0.3 is 10.6 Å². The lowest BCUT2D eigenvalue weighted by atomic mass is 10.2. The minimum absolute atomic E-state index is 0.222. The van der Waals surface area contributed by atoms with Crippen molar-refractivity contribution in [3.8, 4) is 0 Å². The van der Waals surface area contributed by atoms with Crippen molar-refractivity contribution in [3.05, 3.63) is 63.9 Å². The molecule has 3 aromatic rings. The van der Waals surface area contributed by atoms with Crippen LogP contribution in [0.25, 0.3) is 0 Å². The molecule has 9 heteroatoms. The van der Waals surface area contributed by atoms with Gasteiger partial charge in [0.15, 0.2) is 5.01 Å². The van der Waals surface area contributed by atoms with E-state index in [1.54, 1.807) is 25.1 Å². The van der Waals surface area contributed by atoms with E-state index in [1.807, 2.05) is 0 Å². The molecule has 0 aliphatic carbocycles. The van der Waals surface area contributed by atoms with Gasteiger partial charge >= 0.3 is 0 Å². The van der Waals surface area contributed by atoms with Crippen molar-refractivity contribution < 1.29 is 9.18 Å². The van der Waals surface area contributed by atoms with Crippen molar-refractivity contribution in [2.75, 3.05) is 5.32 Å². The molecule has 0 saturated carbocycles. The van der Waals surface area contributed by atoms with Gasteiger partial charge in [-0.15, -0.1) is 0 Å². The van der Waals surface area contributed by atoms with Gasteiger partial charge in [0.2, 0.25) is 0 Å². The molecule has 0 aliphatic rings. The van der Waals surface area contributed by atoms with E-state index in [2.05, 4.69) is 25.6 Å². The molecule has 0 bridgehead atoms. The third-order valence-corrected chi connectivity index (χ3v) is 4.21. The number of anilines is 2. The van der Waals surface area contributed by atoms with Gasteiger partial charge in [0.05, 0.1) is 6.20 Å². The van der Waals surface area contributed by atoms with Gasteiger partial charge in [-0.25, -0.2) is 19.3 Å². The van der Waals surface area contributed by atoms with E-state index in [-0.39, 0.29) is 23.3 Å². The maximum absolute atomic E-state index is 13.1. The van der Waals surface area contributed by atoms with Gasteiger partial charge in [-0.2, -0.15) is 0 Å². The Morgan fingerprint density at radius 2 is 2.16 bits per heavy atom. The molecule has 0 radical (unpaired) electrons. The predicted octanol–water partition coefficient (Wildman–Crippen LogP) is 3.71. The molecule has 6 nitrogen and oxygen atoms in total. The monoisotopic (exact) mass is 377 g/mol. The summed E-state index contributed by atoms with van der Waals surface area (Å²) in [5.74, 6) is 0.381. The number of hydrogen-bond acceptors (Lipinski definition) is 6. The fourth-order valence-corrected chi connectivity index (χ4v) is 3.03. The average molecular weight is 378 g/mol. The summed E-state index contributed by atoms with van der Waals surface area (Å²) >= 11 is 7.06. The van der Waals surface area contributed by atoms with Crippen molar-refractivity contribution in [3.63, 3.8) is 0 Å². The predicted molar refractivity (Wildman–Crippen MR) is 94.7 cm³/mol. The molecule has 0 saturated heterocycles. The van der Waals surface area contributed by atoms with Gasteiger partial charge in [-0.3, -0.25) is 4.79 Å². The topological polar surface area (TPSA) is 79.8 Å². The van der Waals surface area contributed by atoms with E-state index >= 15 is 0 Å². The van der Waals surface area contributed by atoms with Crippen LogP contribution < -0.4 is 10.6 Å². The Morgan fingerprint density at radius 1 is 1.32 bits per heavy atom. The molecule has 1 amide bonds. The number of rotatable bonds is 5. The van der Waals surface area contributed by atoms with Crippen LogP contribution in [0.5, 0.6) is 0 Å². The van der Waals surface area contributed by atoms with Crippen molar-refractivity contribution in [1.29, 1.82) is 0 Å². The molecular formula is C16H13ClFN5OS. The summed E-state index contributed by atoms with van der Waals surface area (Å²) in [6, 6.07) is 7.63. The molecule has 0 aliphatic heterocycles. The first-order chi connectivity index (χ1) is 12.0. The van der Waals surface area contributed by atoms with Gasteiger partial charge in [-0.1, -0.05) is 35.1 Å². The summed E-state index contributed by atoms with van der Waals surface area (Å²) in [6.07, 6.45) is 1.53. The van der Waals surface area contributed by atoms with E-state index < -0.39 is 0 Å². The number of carbonyl (C=O) groups is 1. The highest BCUT2D eigenvalue weighted by atomic mass is 35.5. The Morgan fingerprint density at radius 3 is 2.92 bits per heavy atom. The van der Waals surface area contributed by atoms with Crippen LogP contribution in [0, 0.1) is 12.7 Å². The highest BCUT2D eigenvalue weighted by Crippen LogP contribution is 2.23. The Kier molecular flexibility index (Phi) is 5.20. The van der Waals surface area contributed by atoms with Crippen molar-refractivity contribution >= 4 is 39.7 Å². The van der Waals surface area contributed by atoms with E-state index in [4.69, 9.17) is 11.6 Å². The van der Waals surface area contributed by atoms with E-state index in [1.165, 1.54) is 29.7 Å². The minimum Gasteiger partial charge on any atom is -0.346 e. The van der Waals surface area contributed by atoms with E-state index in [9.17, 15) is 9.18 Å². The number of nitrogens with one attached hydrogen (secondary N) is 2. The zero-order valence-corrected chi connectivity index (χ0v) is 14.7. The molecule has 0 spiro atoms. The molecule has 2 aromatic heterocycles. The second-order valence-electron chi connectivity index (χ2n) is 5.09. The first kappa shape index (κ1) is 17.2. The second-order valence-corrected chi connectivity index (χ2v) is 6.51. The first-order valence-corrected chi connectivity index (χ1v) is 8.46. The van der Waals surface area contributed by atoms with Crippen LogP contribution in [0.15, 0.2) is 36.5 Å². The number of halogens is 2. The van der Waals surface area contributed by atoms with E-state index in [0.29, 0.717) is 27.4 Å². The third kappa shape index (κ3) is 4.71. The standard InChI is InChI=1S/C16H13ClFN5OS/c1-9-21-12(17)6-13(22-9)23-14-8-20-16(25-14)15(24)19-7-10-3-2-4-11(18)5-10/h2-6,8H,7H2,1H3,(H,19,24)(H,21,22,23). The number of carbonyl (C=O) groups excluding carboxylic acids is 1. The summed E-state index contributed by atoms with van der Waals surface area (Å²) in [6.45, 7) is 1.95. The summed E-state index contributed by atoms with van der Waals surface area (Å²) < 4.78 is 13.1. The fraction of sp³-hybridized carbons (Fsp3) is 0.125. The number of nitrogens with zero attached hydrogens (tertiary/aromatic N) is 3. The molecule has 2 N–H and O–H groups in total. The normalized spacial score (nSPS) is 10.5. The molecule has 0 fully saturated rings. The van der Waals surface area contributed by atoms with Crippen LogP contribution in [0.3, 0.4) is 0 Å². The number of aryl methyl sites for hydroxylation is 1. The molecule has 2 heterocycles. The Hall–Kier alpha value is -2.58. The number of amides is 1. The quantitative estimate of drug-likeness (QED) is 0.662. The van der Waals surface area contributed by atoms with Crippen LogP contribution in [0.2, 0.25) is 5.15 Å². The summed E-state index contributed by atoms with van der Waals surface area (Å²) in [5, 5.41) is 7.00. The molecule has 25 heavy (non-hydrogen) atoms. The van der Waals surface area contributed by atoms with Crippen LogP contribution in [-0.4, -0.2) is 20.9 Å². The second kappa shape index (κ2) is 7.54. The summed E-state index contributed by atoms with van der Waals surface area (Å²) in [5.41, 5.74) is 0.675. The maximum Gasteiger partial charge on any atom is 0.280 e. The number of aromatic nitrogens is 3. The highest BCUT2D eigenvalue weighted by Gasteiger charge is 2.12. The number of thiazole rings is 1. The largest absolute Gasteiger partial charge is 0.346 e. The number of hydrogen-bond donors (Lipinski definition) is 2. The first-order valence-electron chi connectivity index (χ1n) is 7.26. The van der Waals surface area contributed by atoms with Crippen molar-refractivity contribution in [1.82, 2.24) is 20.3 Å². The molecule has 128 valence electrons. The van der Waals surface area contributed by atoms with Gasteiger partial charge in [0.25, 0.3) is 5.91 Å². The van der Waals surface area contributed by atoms with Crippen LogP contribution in [0.1, 0.15) is 21.2 Å². The lowest BCUT2D eigenvalue weighted by molar-refractivity contribution is 0.0950.